The second kappa shape index (κ2) is 28.9. The fourth-order valence-corrected chi connectivity index (χ4v) is 13.3. The molecule has 0 radical (unpaired) electrons. The molecule has 8 N–H and O–H groups in total. The van der Waals surface area contributed by atoms with Gasteiger partial charge in [-0.3, -0.25) is 36.8 Å². The third kappa shape index (κ3) is 19.1. The lowest BCUT2D eigenvalue weighted by Crippen LogP contribution is -2.08. The number of pyridine rings is 1. The van der Waals surface area contributed by atoms with Gasteiger partial charge in [-0.1, -0.05) is 0 Å². The number of nitrogens with zero attached hydrogens (tertiary/aromatic N) is 11. The summed E-state index contributed by atoms with van der Waals surface area (Å²) in [6, 6.07) is 17.3. The molecule has 0 atom stereocenters. The van der Waals surface area contributed by atoms with Crippen LogP contribution < -0.4 is 15.4 Å². The summed E-state index contributed by atoms with van der Waals surface area (Å²) in [6.07, 6.45) is -0.366. The number of benzene rings is 5. The highest BCUT2D eigenvalue weighted by Gasteiger charge is 2.25. The molecular weight excluding hydrogens is 1340 g/mol. The maximum atomic E-state index is 12.8. The Balaban J connectivity index is 1.33. The van der Waals surface area contributed by atoms with Crippen molar-refractivity contribution in [1.29, 1.82) is 5.26 Å². The van der Waals surface area contributed by atoms with E-state index < -0.39 is 95.3 Å². The molecule has 5 aromatic carbocycles. The normalized spacial score (nSPS) is 12.7. The van der Waals surface area contributed by atoms with Gasteiger partial charge in [0.1, 0.15) is 45.8 Å². The third-order valence-electron chi connectivity index (χ3n) is 12.5. The van der Waals surface area contributed by atoms with Gasteiger partial charge >= 0.3 is 0 Å². The monoisotopic (exact) mass is 1390 g/mol. The molecule has 0 saturated heterocycles. The number of aromatic hydroxyl groups is 1. The number of rotatable bonds is 27. The van der Waals surface area contributed by atoms with E-state index in [0.29, 0.717) is 5.56 Å². The van der Waals surface area contributed by atoms with Gasteiger partial charge < -0.3 is 20.5 Å². The number of imidazole rings is 1. The molecular formula is C52H53N13O19S7. The maximum absolute atomic E-state index is 12.8. The van der Waals surface area contributed by atoms with Crippen LogP contribution in [0.4, 0.5) is 56.9 Å². The predicted molar refractivity (Wildman–Crippen MR) is 334 cm³/mol. The number of nitriles is 1. The summed E-state index contributed by atoms with van der Waals surface area (Å²) in [5, 5.41) is 62.1. The second-order valence-corrected chi connectivity index (χ2v) is 29.3. The summed E-state index contributed by atoms with van der Waals surface area (Å²) in [5.74, 6) is -3.70. The quantitative estimate of drug-likeness (QED) is 0.0103. The second-order valence-electron chi connectivity index (χ2n) is 19.5. The largest absolute Gasteiger partial charge is 0.493 e. The molecule has 0 spiro atoms. The number of amides is 2. The van der Waals surface area contributed by atoms with Crippen molar-refractivity contribution in [2.45, 2.75) is 73.5 Å². The summed E-state index contributed by atoms with van der Waals surface area (Å²) in [6.45, 7) is 6.45. The van der Waals surface area contributed by atoms with Gasteiger partial charge in [0.15, 0.2) is 11.3 Å². The van der Waals surface area contributed by atoms with Gasteiger partial charge in [-0.15, -0.1) is 54.2 Å². The Hall–Kier alpha value is -8.27. The van der Waals surface area contributed by atoms with Crippen molar-refractivity contribution < 1.29 is 84.3 Å². The first kappa shape index (κ1) is 70.2. The smallest absolute Gasteiger partial charge is 0.294 e. The Bertz CT molecular complexity index is 4830. The number of hydrogen-bond donors (Lipinski definition) is 8. The molecule has 7 rings (SSSR count). The number of ether oxygens (including phenoxy) is 1. The van der Waals surface area contributed by atoms with Gasteiger partial charge in [-0.2, -0.15) is 57.6 Å². The molecule has 482 valence electrons. The third-order valence-corrected chi connectivity index (χ3v) is 19.0. The Morgan fingerprint density at radius 2 is 1.09 bits per heavy atom. The number of hydrogen-bond acceptors (Lipinski definition) is 26. The SMILES string of the molecule is CC(=O)Nc1cc(N=Nc2cc(SCCCS(=O)(=O)O)c(N=Nc3cc(OCCCS(=O)(=O)O)c(N=Nc4c(C)c(C#N)c5nc6c(C)c(S(=O)(=O)O)ccc6n5c4O)cc3C)cc2NC(C)=O)c(SCCCS(=O)(=O)O)cc1N=Nc1ccc(S(=O)(=O)O)cc1. The van der Waals surface area contributed by atoms with Crippen LogP contribution in [-0.2, 0) is 60.2 Å². The molecule has 0 unspecified atom stereocenters. The Morgan fingerprint density at radius 1 is 0.593 bits per heavy atom. The topological polar surface area (TPSA) is 499 Å². The predicted octanol–water partition coefficient (Wildman–Crippen LogP) is 11.5. The first-order valence-corrected chi connectivity index (χ1v) is 35.8. The summed E-state index contributed by atoms with van der Waals surface area (Å²) in [4.78, 5) is 29.4. The van der Waals surface area contributed by atoms with Crippen LogP contribution in [0, 0.1) is 32.1 Å². The average Bonchev–Trinajstić information content (AvgIpc) is 1.60. The highest BCUT2D eigenvalue weighted by Crippen LogP contribution is 2.46. The zero-order valence-corrected chi connectivity index (χ0v) is 53.8. The lowest BCUT2D eigenvalue weighted by atomic mass is 10.1. The molecule has 0 fully saturated rings. The van der Waals surface area contributed by atoms with Crippen LogP contribution in [0.5, 0.6) is 11.6 Å². The van der Waals surface area contributed by atoms with Crippen molar-refractivity contribution in [1.82, 2.24) is 9.38 Å². The average molecular weight is 1390 g/mol. The van der Waals surface area contributed by atoms with Gasteiger partial charge in [-0.05, 0) is 129 Å². The Labute approximate surface area is 528 Å². The Morgan fingerprint density at radius 3 is 1.58 bits per heavy atom. The minimum Gasteiger partial charge on any atom is -0.493 e. The number of thioether (sulfide) groups is 2. The number of aromatic nitrogens is 2. The van der Waals surface area contributed by atoms with Gasteiger partial charge in [0.05, 0.1) is 67.4 Å². The minimum absolute atomic E-state index is 0.0179. The fraction of sp³-hybridized carbons (Fsp3) is 0.269. The number of fused-ring (bicyclic) bond motifs is 3. The highest BCUT2D eigenvalue weighted by atomic mass is 32.2. The first-order valence-electron chi connectivity index (χ1n) is 26.1. The summed E-state index contributed by atoms with van der Waals surface area (Å²) < 4.78 is 172. The molecule has 0 saturated carbocycles. The lowest BCUT2D eigenvalue weighted by Gasteiger charge is -2.13. The van der Waals surface area contributed by atoms with E-state index in [0.717, 1.165) is 46.1 Å². The van der Waals surface area contributed by atoms with E-state index in [1.807, 2.05) is 6.07 Å². The van der Waals surface area contributed by atoms with Gasteiger partial charge in [0, 0.05) is 35.3 Å². The van der Waals surface area contributed by atoms with Gasteiger partial charge in [0.2, 0.25) is 17.7 Å². The molecule has 2 aromatic heterocycles. The van der Waals surface area contributed by atoms with Gasteiger partial charge in [-0.25, -0.2) is 4.98 Å². The van der Waals surface area contributed by atoms with Crippen LogP contribution in [0.1, 0.15) is 55.4 Å². The van der Waals surface area contributed by atoms with Gasteiger partial charge in [0.25, 0.3) is 50.6 Å². The number of carbonyl (C=O) groups is 2. The molecule has 0 bridgehead atoms. The molecule has 2 amide bonds. The van der Waals surface area contributed by atoms with E-state index in [1.165, 1.54) is 82.3 Å². The zero-order chi connectivity index (χ0) is 67.0. The number of anilines is 2. The first-order chi connectivity index (χ1) is 42.5. The van der Waals surface area contributed by atoms with Crippen molar-refractivity contribution in [2.75, 3.05) is 46.0 Å². The van der Waals surface area contributed by atoms with Crippen LogP contribution in [0.3, 0.4) is 0 Å². The zero-order valence-electron chi connectivity index (χ0n) is 48.1. The molecule has 0 aliphatic carbocycles. The molecule has 0 aliphatic heterocycles. The van der Waals surface area contributed by atoms with Crippen LogP contribution in [0.25, 0.3) is 16.7 Å². The van der Waals surface area contributed by atoms with Crippen molar-refractivity contribution >= 4 is 159 Å². The summed E-state index contributed by atoms with van der Waals surface area (Å²) >= 11 is 2.07. The van der Waals surface area contributed by atoms with Crippen LogP contribution in [0.15, 0.2) is 133 Å². The highest BCUT2D eigenvalue weighted by molar-refractivity contribution is 7.99. The van der Waals surface area contributed by atoms with E-state index in [9.17, 15) is 84.8 Å². The molecule has 7 aromatic rings. The Kier molecular flexibility index (Phi) is 22.3. The summed E-state index contributed by atoms with van der Waals surface area (Å²) in [7, 11) is -22.4. The minimum atomic E-state index is -4.70. The van der Waals surface area contributed by atoms with Crippen molar-refractivity contribution in [3.05, 3.63) is 95.1 Å². The van der Waals surface area contributed by atoms with Crippen LogP contribution in [-0.4, -0.2) is 127 Å². The molecule has 39 heteroatoms. The maximum Gasteiger partial charge on any atom is 0.294 e. The number of aryl methyl sites for hydroxylation is 2. The lowest BCUT2D eigenvalue weighted by molar-refractivity contribution is -0.115. The number of carbonyl (C=O) groups excluding carboxylic acids is 2. The molecule has 2 heterocycles. The number of azo groups is 4. The van der Waals surface area contributed by atoms with E-state index in [2.05, 4.69) is 56.5 Å². The molecule has 0 aliphatic rings. The van der Waals surface area contributed by atoms with E-state index in [4.69, 9.17) is 4.74 Å². The van der Waals surface area contributed by atoms with E-state index in [-0.39, 0.29) is 143 Å². The van der Waals surface area contributed by atoms with Crippen LogP contribution >= 0.6 is 23.5 Å². The van der Waals surface area contributed by atoms with E-state index in [1.54, 1.807) is 6.92 Å². The van der Waals surface area contributed by atoms with Crippen molar-refractivity contribution in [3.63, 3.8) is 0 Å². The van der Waals surface area contributed by atoms with Crippen molar-refractivity contribution in [2.24, 2.45) is 40.9 Å². The summed E-state index contributed by atoms with van der Waals surface area (Å²) in [5.41, 5.74) is 0.430. The van der Waals surface area contributed by atoms with Crippen molar-refractivity contribution in [3.8, 4) is 17.7 Å². The fourth-order valence-electron chi connectivity index (χ4n) is 8.33. The molecule has 91 heavy (non-hydrogen) atoms. The van der Waals surface area contributed by atoms with E-state index >= 15 is 0 Å². The van der Waals surface area contributed by atoms with Crippen LogP contribution in [0.2, 0.25) is 0 Å². The number of nitrogens with one attached hydrogen (secondary N) is 2. The molecule has 32 nitrogen and oxygen atoms in total. The standard InChI is InChI=1S/C52H53N13O19S7/c1-28-21-41(61-64-50-29(2)35(27-53)51-56-49-30(3)48(91(81,82)83)14-13-44(49)65(51)52(50)68)45(84-15-6-18-87(69,70)71)24-36(28)58-62-42-23-38(55-32(5)67)40(26-47(42)86-17-8-20-89(75,76)77)60-63-43-22-37(54-31(4)66)39(25-46(43)85-16-7-19-88(72,73)74)59-57-33-9-11-34(12-10-33)90(78,79)80/h9-14,21-26,68H,6-8,15-20H2,1-5H3,(H,54,66)(H,55,67)(H,69,70,71)(H,72,73,74)(H,75,76,77)(H,78,79,80)(H,81,82,83).